The summed E-state index contributed by atoms with van der Waals surface area (Å²) in [6.45, 7) is 3.86. The van der Waals surface area contributed by atoms with Gasteiger partial charge in [-0.1, -0.05) is 38.0 Å². The highest BCUT2D eigenvalue weighted by molar-refractivity contribution is 5.57. The number of nitrogens with one attached hydrogen (secondary N) is 1. The van der Waals surface area contributed by atoms with Crippen molar-refractivity contribution in [3.05, 3.63) is 69.3 Å². The predicted molar refractivity (Wildman–Crippen MR) is 87.0 cm³/mol. The average molecular weight is 302 g/mol. The number of fused-ring (bicyclic) bond motifs is 1. The number of hydrogen-bond donors (Lipinski definition) is 1. The van der Waals surface area contributed by atoms with E-state index in [0.717, 1.165) is 5.56 Å². The van der Waals surface area contributed by atoms with Gasteiger partial charge < -0.3 is 4.98 Å². The maximum atomic E-state index is 12.6. The summed E-state index contributed by atoms with van der Waals surface area (Å²) in [4.78, 5) is 15.7. The van der Waals surface area contributed by atoms with Crippen LogP contribution in [0.3, 0.4) is 0 Å². The number of nitrogens with zero attached hydrogens (tertiary/aromatic N) is 3. The molecule has 0 aliphatic rings. The molecular weight excluding hydrogens is 288 g/mol. The van der Waals surface area contributed by atoms with Gasteiger partial charge in [-0.2, -0.15) is 14.9 Å². The third-order valence-corrected chi connectivity index (χ3v) is 3.51. The number of aromatic amines is 1. The molecule has 3 rings (SSSR count). The summed E-state index contributed by atoms with van der Waals surface area (Å²) in [7, 11) is 0. The molecule has 0 amide bonds. The summed E-state index contributed by atoms with van der Waals surface area (Å²) in [6.07, 6.45) is 1.38. The van der Waals surface area contributed by atoms with Gasteiger partial charge >= 0.3 is 0 Å². The van der Waals surface area contributed by atoms with Crippen LogP contribution < -0.4 is 5.56 Å². The SMILES string of the molecule is CC(C)c1c(C#Cc2ccccc2)[nH]c2c(C#N)cnn2c1=O. The van der Waals surface area contributed by atoms with Crippen molar-refractivity contribution in [1.82, 2.24) is 14.6 Å². The third-order valence-electron chi connectivity index (χ3n) is 3.51. The number of nitriles is 1. The largest absolute Gasteiger partial charge is 0.332 e. The maximum absolute atomic E-state index is 12.6. The molecule has 0 spiro atoms. The minimum Gasteiger partial charge on any atom is -0.332 e. The van der Waals surface area contributed by atoms with Crippen molar-refractivity contribution in [2.45, 2.75) is 19.8 Å². The van der Waals surface area contributed by atoms with E-state index in [1.807, 2.05) is 50.2 Å². The van der Waals surface area contributed by atoms with E-state index in [1.165, 1.54) is 10.7 Å². The van der Waals surface area contributed by atoms with Gasteiger partial charge in [0.2, 0.25) is 0 Å². The number of benzene rings is 1. The Morgan fingerprint density at radius 1 is 1.22 bits per heavy atom. The van der Waals surface area contributed by atoms with Gasteiger partial charge in [0.15, 0.2) is 5.65 Å². The maximum Gasteiger partial charge on any atom is 0.279 e. The Morgan fingerprint density at radius 3 is 2.61 bits per heavy atom. The van der Waals surface area contributed by atoms with Gasteiger partial charge in [0.05, 0.1) is 11.8 Å². The fourth-order valence-electron chi connectivity index (χ4n) is 2.40. The number of H-pyrrole nitrogens is 1. The van der Waals surface area contributed by atoms with Crippen LogP contribution in [-0.2, 0) is 0 Å². The van der Waals surface area contributed by atoms with Gasteiger partial charge in [0.1, 0.15) is 17.3 Å². The van der Waals surface area contributed by atoms with Crippen LogP contribution in [0.15, 0.2) is 41.3 Å². The quantitative estimate of drug-likeness (QED) is 0.701. The van der Waals surface area contributed by atoms with E-state index in [9.17, 15) is 4.79 Å². The zero-order chi connectivity index (χ0) is 16.4. The number of aromatic nitrogens is 3. The molecule has 0 radical (unpaired) electrons. The number of hydrogen-bond acceptors (Lipinski definition) is 3. The van der Waals surface area contributed by atoms with E-state index in [4.69, 9.17) is 5.26 Å². The van der Waals surface area contributed by atoms with Crippen LogP contribution in [0.5, 0.6) is 0 Å². The Hall–Kier alpha value is -3.31. The Morgan fingerprint density at radius 2 is 1.96 bits per heavy atom. The predicted octanol–water partition coefficient (Wildman–Crippen LogP) is 2.42. The first-order chi connectivity index (χ1) is 11.1. The molecule has 0 aliphatic heterocycles. The lowest BCUT2D eigenvalue weighted by molar-refractivity contribution is 0.789. The van der Waals surface area contributed by atoms with Crippen molar-refractivity contribution in [1.29, 1.82) is 5.26 Å². The second kappa shape index (κ2) is 5.82. The molecule has 3 aromatic rings. The highest BCUT2D eigenvalue weighted by atomic mass is 16.1. The van der Waals surface area contributed by atoms with Crippen LogP contribution in [0.25, 0.3) is 5.65 Å². The topological polar surface area (TPSA) is 73.9 Å². The van der Waals surface area contributed by atoms with Crippen molar-refractivity contribution in [2.75, 3.05) is 0 Å². The van der Waals surface area contributed by atoms with Gasteiger partial charge in [0, 0.05) is 5.56 Å². The van der Waals surface area contributed by atoms with E-state index >= 15 is 0 Å². The highest BCUT2D eigenvalue weighted by Crippen LogP contribution is 2.15. The number of rotatable bonds is 1. The van der Waals surface area contributed by atoms with E-state index in [-0.39, 0.29) is 11.5 Å². The molecule has 0 fully saturated rings. The van der Waals surface area contributed by atoms with Crippen molar-refractivity contribution < 1.29 is 0 Å². The molecule has 1 aromatic carbocycles. The van der Waals surface area contributed by atoms with Gasteiger partial charge in [-0.25, -0.2) is 0 Å². The Bertz CT molecular complexity index is 1020. The van der Waals surface area contributed by atoms with Gasteiger partial charge in [-0.3, -0.25) is 4.79 Å². The smallest absolute Gasteiger partial charge is 0.279 e. The van der Waals surface area contributed by atoms with Crippen LogP contribution in [0.2, 0.25) is 0 Å². The summed E-state index contributed by atoms with van der Waals surface area (Å²) in [5.41, 5.74) is 2.40. The van der Waals surface area contributed by atoms with Crippen molar-refractivity contribution >= 4 is 5.65 Å². The van der Waals surface area contributed by atoms with Gasteiger partial charge in [0.25, 0.3) is 5.56 Å². The third kappa shape index (κ3) is 2.61. The summed E-state index contributed by atoms with van der Waals surface area (Å²) in [5, 5.41) is 13.1. The molecular formula is C18H14N4O. The molecule has 5 nitrogen and oxygen atoms in total. The van der Waals surface area contributed by atoms with E-state index in [2.05, 4.69) is 21.9 Å². The van der Waals surface area contributed by atoms with Crippen LogP contribution in [0.4, 0.5) is 0 Å². The summed E-state index contributed by atoms with van der Waals surface area (Å²) in [5.74, 6) is 6.06. The molecule has 0 saturated heterocycles. The lowest BCUT2D eigenvalue weighted by atomic mass is 10.0. The second-order valence-electron chi connectivity index (χ2n) is 5.42. The van der Waals surface area contributed by atoms with Crippen LogP contribution in [-0.4, -0.2) is 14.6 Å². The summed E-state index contributed by atoms with van der Waals surface area (Å²) in [6, 6.07) is 11.6. The second-order valence-corrected chi connectivity index (χ2v) is 5.42. The molecule has 0 unspecified atom stereocenters. The van der Waals surface area contributed by atoms with Crippen LogP contribution in [0.1, 0.15) is 42.1 Å². The molecule has 112 valence electrons. The minimum absolute atomic E-state index is 0.0158. The molecule has 0 aliphatic carbocycles. The first kappa shape index (κ1) is 14.6. The van der Waals surface area contributed by atoms with Crippen molar-refractivity contribution in [3.8, 4) is 17.9 Å². The van der Waals surface area contributed by atoms with Crippen LogP contribution in [0, 0.1) is 23.2 Å². The van der Waals surface area contributed by atoms with Gasteiger partial charge in [-0.05, 0) is 24.0 Å². The Kier molecular flexibility index (Phi) is 3.70. The molecule has 2 heterocycles. The summed E-state index contributed by atoms with van der Waals surface area (Å²) < 4.78 is 1.22. The zero-order valence-corrected chi connectivity index (χ0v) is 12.8. The molecule has 5 heteroatoms. The molecule has 2 aromatic heterocycles. The first-order valence-electron chi connectivity index (χ1n) is 7.23. The molecule has 0 atom stereocenters. The van der Waals surface area contributed by atoms with Crippen molar-refractivity contribution in [3.63, 3.8) is 0 Å². The normalized spacial score (nSPS) is 10.3. The van der Waals surface area contributed by atoms with Crippen molar-refractivity contribution in [2.24, 2.45) is 0 Å². The van der Waals surface area contributed by atoms with E-state index in [0.29, 0.717) is 22.5 Å². The Balaban J connectivity index is 2.27. The lowest BCUT2D eigenvalue weighted by Gasteiger charge is -2.08. The highest BCUT2D eigenvalue weighted by Gasteiger charge is 2.16. The average Bonchev–Trinajstić information content (AvgIpc) is 2.97. The monoisotopic (exact) mass is 302 g/mol. The van der Waals surface area contributed by atoms with Crippen LogP contribution >= 0.6 is 0 Å². The zero-order valence-electron chi connectivity index (χ0n) is 12.8. The molecule has 1 N–H and O–H groups in total. The lowest BCUT2D eigenvalue weighted by Crippen LogP contribution is -2.23. The molecule has 23 heavy (non-hydrogen) atoms. The standard InChI is InChI=1S/C18H14N4O/c1-12(2)16-15(9-8-13-6-4-3-5-7-13)21-17-14(10-19)11-20-22(17)18(16)23/h3-7,11-12,21H,1-2H3. The summed E-state index contributed by atoms with van der Waals surface area (Å²) >= 11 is 0. The first-order valence-corrected chi connectivity index (χ1v) is 7.23. The van der Waals surface area contributed by atoms with E-state index in [1.54, 1.807) is 0 Å². The molecule has 0 bridgehead atoms. The molecule has 0 saturated carbocycles. The fourth-order valence-corrected chi connectivity index (χ4v) is 2.40. The fraction of sp³-hybridized carbons (Fsp3) is 0.167. The Labute approximate surface area is 133 Å². The van der Waals surface area contributed by atoms with Gasteiger partial charge in [-0.15, -0.1) is 0 Å². The minimum atomic E-state index is -0.243. The van der Waals surface area contributed by atoms with E-state index < -0.39 is 0 Å².